The lowest BCUT2D eigenvalue weighted by molar-refractivity contribution is -0.159. The first-order valence-corrected chi connectivity index (χ1v) is 11.6. The largest absolute Gasteiger partial charge is 0.467 e. The Kier molecular flexibility index (Phi) is 8.86. The zero-order chi connectivity index (χ0) is 26.4. The molecule has 2 aliphatic heterocycles. The number of halogens is 2. The zero-order valence-corrected chi connectivity index (χ0v) is 20.2. The molecule has 0 unspecified atom stereocenters. The second-order valence-corrected chi connectivity index (χ2v) is 8.78. The fourth-order valence-electron chi connectivity index (χ4n) is 4.19. The molecule has 2 aliphatic rings. The standard InChI is InChI=1S/C23H26ClFN4O7/c1-36-22(33)17(11-14-8-9-26-20(14)31)27-21(32)18-3-2-10-28(23(34)35)29(18)19(30)7-5-13-4-6-15(24)12-16(13)25/h4-7,12,14,17-18H,2-3,8-11H2,1H3,(H,26,31)(H,27,32)(H,34,35)/b7-5+/t14-,17-,18-/m0/s1. The van der Waals surface area contributed by atoms with Crippen LogP contribution in [0.25, 0.3) is 6.08 Å². The van der Waals surface area contributed by atoms with Crippen molar-refractivity contribution in [1.82, 2.24) is 20.7 Å². The Morgan fingerprint density at radius 2 is 2.08 bits per heavy atom. The smallest absolute Gasteiger partial charge is 0.426 e. The van der Waals surface area contributed by atoms with Crippen LogP contribution in [0.15, 0.2) is 24.3 Å². The lowest BCUT2D eigenvalue weighted by atomic mass is 9.97. The third kappa shape index (κ3) is 6.30. The number of ether oxygens (including phenoxy) is 1. The van der Waals surface area contributed by atoms with Crippen LogP contribution in [-0.2, 0) is 23.9 Å². The van der Waals surface area contributed by atoms with E-state index in [2.05, 4.69) is 10.6 Å². The average molecular weight is 525 g/mol. The lowest BCUT2D eigenvalue weighted by Crippen LogP contribution is -2.62. The third-order valence-electron chi connectivity index (χ3n) is 6.01. The minimum absolute atomic E-state index is 0.0106. The summed E-state index contributed by atoms with van der Waals surface area (Å²) >= 11 is 5.73. The fraction of sp³-hybridized carbons (Fsp3) is 0.435. The molecule has 0 aliphatic carbocycles. The van der Waals surface area contributed by atoms with Crippen molar-refractivity contribution in [3.63, 3.8) is 0 Å². The van der Waals surface area contributed by atoms with Crippen LogP contribution in [0.2, 0.25) is 5.02 Å². The van der Waals surface area contributed by atoms with Gasteiger partial charge in [-0.3, -0.25) is 14.4 Å². The number of carbonyl (C=O) groups is 5. The van der Waals surface area contributed by atoms with Gasteiger partial charge in [0.1, 0.15) is 17.9 Å². The number of nitrogens with zero attached hydrogens (tertiary/aromatic N) is 2. The molecule has 0 saturated carbocycles. The van der Waals surface area contributed by atoms with Crippen LogP contribution in [0.1, 0.15) is 31.2 Å². The molecule has 1 aromatic rings. The van der Waals surface area contributed by atoms with Gasteiger partial charge < -0.3 is 20.5 Å². The number of hydrogen-bond donors (Lipinski definition) is 3. The molecule has 0 aromatic heterocycles. The zero-order valence-electron chi connectivity index (χ0n) is 19.4. The maximum absolute atomic E-state index is 14.1. The van der Waals surface area contributed by atoms with Crippen LogP contribution in [0, 0.1) is 11.7 Å². The van der Waals surface area contributed by atoms with E-state index < -0.39 is 47.7 Å². The van der Waals surface area contributed by atoms with E-state index in [9.17, 15) is 33.5 Å². The van der Waals surface area contributed by atoms with Gasteiger partial charge in [0.2, 0.25) is 11.8 Å². The van der Waals surface area contributed by atoms with E-state index in [0.29, 0.717) is 18.0 Å². The van der Waals surface area contributed by atoms with Gasteiger partial charge in [-0.25, -0.2) is 24.0 Å². The molecule has 2 fully saturated rings. The number of hydrogen-bond acceptors (Lipinski definition) is 6. The monoisotopic (exact) mass is 524 g/mol. The van der Waals surface area contributed by atoms with E-state index in [1.807, 2.05) is 0 Å². The molecule has 0 radical (unpaired) electrons. The van der Waals surface area contributed by atoms with E-state index in [1.165, 1.54) is 12.1 Å². The van der Waals surface area contributed by atoms with Gasteiger partial charge in [-0.15, -0.1) is 0 Å². The van der Waals surface area contributed by atoms with E-state index in [-0.39, 0.29) is 42.3 Å². The molecule has 2 saturated heterocycles. The number of nitrogens with one attached hydrogen (secondary N) is 2. The Balaban J connectivity index is 1.82. The van der Waals surface area contributed by atoms with Crippen molar-refractivity contribution in [3.05, 3.63) is 40.7 Å². The van der Waals surface area contributed by atoms with Crippen molar-refractivity contribution in [1.29, 1.82) is 0 Å². The van der Waals surface area contributed by atoms with Crippen molar-refractivity contribution in [2.24, 2.45) is 5.92 Å². The van der Waals surface area contributed by atoms with Crippen molar-refractivity contribution in [3.8, 4) is 0 Å². The Morgan fingerprint density at radius 1 is 1.33 bits per heavy atom. The van der Waals surface area contributed by atoms with E-state index in [0.717, 1.165) is 30.3 Å². The van der Waals surface area contributed by atoms with E-state index in [4.69, 9.17) is 16.3 Å². The number of amides is 4. The first-order valence-electron chi connectivity index (χ1n) is 11.2. The molecule has 13 heteroatoms. The second kappa shape index (κ2) is 11.8. The van der Waals surface area contributed by atoms with E-state index >= 15 is 0 Å². The molecule has 11 nitrogen and oxygen atoms in total. The highest BCUT2D eigenvalue weighted by molar-refractivity contribution is 6.30. The number of rotatable bonds is 7. The van der Waals surface area contributed by atoms with Gasteiger partial charge in [-0.05, 0) is 43.9 Å². The van der Waals surface area contributed by atoms with Gasteiger partial charge in [0.15, 0.2) is 0 Å². The van der Waals surface area contributed by atoms with Gasteiger partial charge in [0.25, 0.3) is 5.91 Å². The van der Waals surface area contributed by atoms with Crippen molar-refractivity contribution in [2.45, 2.75) is 37.8 Å². The fourth-order valence-corrected chi connectivity index (χ4v) is 4.35. The number of carboxylic acid groups (broad SMARTS) is 1. The minimum Gasteiger partial charge on any atom is -0.467 e. The molecule has 3 rings (SSSR count). The minimum atomic E-state index is -1.46. The Hall–Kier alpha value is -3.67. The number of hydrazine groups is 1. The average Bonchev–Trinajstić information content (AvgIpc) is 3.25. The van der Waals surface area contributed by atoms with Gasteiger partial charge in [0, 0.05) is 35.7 Å². The SMILES string of the molecule is COC(=O)[C@H](C[C@@H]1CCNC1=O)NC(=O)[C@@H]1CCCN(C(=O)O)N1C(=O)/C=C/c1ccc(Cl)cc1F. The summed E-state index contributed by atoms with van der Waals surface area (Å²) in [4.78, 5) is 62.3. The maximum Gasteiger partial charge on any atom is 0.426 e. The summed E-state index contributed by atoms with van der Waals surface area (Å²) in [5.41, 5.74) is 0.0354. The van der Waals surface area contributed by atoms with Crippen LogP contribution in [0.5, 0.6) is 0 Å². The summed E-state index contributed by atoms with van der Waals surface area (Å²) in [7, 11) is 1.14. The predicted octanol–water partition coefficient (Wildman–Crippen LogP) is 1.56. The number of methoxy groups -OCH3 is 1. The quantitative estimate of drug-likeness (QED) is 0.362. The first-order chi connectivity index (χ1) is 17.1. The highest BCUT2D eigenvalue weighted by atomic mass is 35.5. The Morgan fingerprint density at radius 3 is 2.69 bits per heavy atom. The van der Waals surface area contributed by atoms with Crippen LogP contribution in [-0.4, -0.2) is 77.2 Å². The summed E-state index contributed by atoms with van der Waals surface area (Å²) in [6.45, 7) is 0.404. The van der Waals surface area contributed by atoms with Gasteiger partial charge >= 0.3 is 12.1 Å². The predicted molar refractivity (Wildman–Crippen MR) is 125 cm³/mol. The maximum atomic E-state index is 14.1. The summed E-state index contributed by atoms with van der Waals surface area (Å²) in [6, 6.07) is 1.38. The highest BCUT2D eigenvalue weighted by Crippen LogP contribution is 2.22. The normalized spacial score (nSPS) is 20.7. The molecule has 1 aromatic carbocycles. The summed E-state index contributed by atoms with van der Waals surface area (Å²) in [6.07, 6.45) is 1.50. The van der Waals surface area contributed by atoms with Crippen LogP contribution >= 0.6 is 11.6 Å². The van der Waals surface area contributed by atoms with Gasteiger partial charge in [0.05, 0.1) is 7.11 Å². The summed E-state index contributed by atoms with van der Waals surface area (Å²) < 4.78 is 18.9. The topological polar surface area (TPSA) is 145 Å². The first kappa shape index (κ1) is 26.9. The summed E-state index contributed by atoms with van der Waals surface area (Å²) in [5.74, 6) is -3.88. The molecule has 36 heavy (non-hydrogen) atoms. The van der Waals surface area contributed by atoms with Crippen LogP contribution in [0.3, 0.4) is 0 Å². The molecule has 4 amide bonds. The molecule has 0 bridgehead atoms. The number of esters is 1. The Labute approximate surface area is 211 Å². The molecule has 0 spiro atoms. The molecule has 194 valence electrons. The van der Waals surface area contributed by atoms with Gasteiger partial charge in [-0.1, -0.05) is 17.7 Å². The molecule has 3 N–H and O–H groups in total. The van der Waals surface area contributed by atoms with Crippen molar-refractivity contribution < 1.29 is 38.2 Å². The van der Waals surface area contributed by atoms with Crippen LogP contribution < -0.4 is 10.6 Å². The second-order valence-electron chi connectivity index (χ2n) is 8.34. The molecular weight excluding hydrogens is 499 g/mol. The number of benzene rings is 1. The van der Waals surface area contributed by atoms with Gasteiger partial charge in [-0.2, -0.15) is 0 Å². The third-order valence-corrected chi connectivity index (χ3v) is 6.24. The Bertz CT molecular complexity index is 1080. The lowest BCUT2D eigenvalue weighted by Gasteiger charge is -2.41. The van der Waals surface area contributed by atoms with Crippen molar-refractivity contribution in [2.75, 3.05) is 20.2 Å². The molecule has 2 heterocycles. The summed E-state index contributed by atoms with van der Waals surface area (Å²) in [5, 5.41) is 16.4. The number of carbonyl (C=O) groups excluding carboxylic acids is 4. The molecule has 3 atom stereocenters. The highest BCUT2D eigenvalue weighted by Gasteiger charge is 2.41. The van der Waals surface area contributed by atoms with Crippen LogP contribution in [0.4, 0.5) is 9.18 Å². The molecular formula is C23H26ClFN4O7. The van der Waals surface area contributed by atoms with Crippen molar-refractivity contribution >= 4 is 47.5 Å². The van der Waals surface area contributed by atoms with E-state index in [1.54, 1.807) is 0 Å².